The number of nitrogens with two attached hydrogens (primary N) is 1. The lowest BCUT2D eigenvalue weighted by atomic mass is 10.0. The predicted molar refractivity (Wildman–Crippen MR) is 65.9 cm³/mol. The molecule has 0 saturated heterocycles. The zero-order chi connectivity index (χ0) is 11.4. The maximum absolute atomic E-state index is 8.91. The van der Waals surface area contributed by atoms with Gasteiger partial charge in [0.15, 0.2) is 0 Å². The van der Waals surface area contributed by atoms with E-state index < -0.39 is 0 Å². The molecule has 0 aliphatic carbocycles. The van der Waals surface area contributed by atoms with Crippen LogP contribution in [-0.2, 0) is 0 Å². The molecule has 0 amide bonds. The van der Waals surface area contributed by atoms with Crippen molar-refractivity contribution >= 4 is 21.6 Å². The highest BCUT2D eigenvalue weighted by atomic mass is 79.9. The molecule has 0 heterocycles. The van der Waals surface area contributed by atoms with Crippen LogP contribution >= 0.6 is 15.9 Å². The molecule has 0 aromatic heterocycles. The molecule has 1 aromatic rings. The van der Waals surface area contributed by atoms with Crippen LogP contribution in [0.3, 0.4) is 0 Å². The molecule has 0 bridgehead atoms. The quantitative estimate of drug-likeness (QED) is 0.833. The molecule has 1 aromatic carbocycles. The molecule has 0 spiro atoms. The Bertz CT molecular complexity index is 441. The molecule has 2 N–H and O–H groups in total. The van der Waals surface area contributed by atoms with E-state index in [1.165, 1.54) is 0 Å². The second-order valence-corrected chi connectivity index (χ2v) is 4.20. The highest BCUT2D eigenvalue weighted by molar-refractivity contribution is 9.10. The van der Waals surface area contributed by atoms with Gasteiger partial charge in [0.2, 0.25) is 0 Å². The maximum atomic E-state index is 8.91. The topological polar surface area (TPSA) is 49.8 Å². The molecule has 15 heavy (non-hydrogen) atoms. The van der Waals surface area contributed by atoms with Crippen LogP contribution in [0.2, 0.25) is 0 Å². The van der Waals surface area contributed by atoms with E-state index in [-0.39, 0.29) is 0 Å². The summed E-state index contributed by atoms with van der Waals surface area (Å²) in [5, 5.41) is 8.91. The van der Waals surface area contributed by atoms with E-state index >= 15 is 0 Å². The fourth-order valence-corrected chi connectivity index (χ4v) is 1.80. The highest BCUT2D eigenvalue weighted by Crippen LogP contribution is 2.25. The second-order valence-electron chi connectivity index (χ2n) is 3.34. The minimum atomic E-state index is 0.565. The van der Waals surface area contributed by atoms with E-state index in [2.05, 4.69) is 22.0 Å². The summed E-state index contributed by atoms with van der Waals surface area (Å²) in [6.07, 6.45) is 0.655. The summed E-state index contributed by atoms with van der Waals surface area (Å²) in [7, 11) is 0. The van der Waals surface area contributed by atoms with Gasteiger partial charge in [-0.2, -0.15) is 5.26 Å². The van der Waals surface area contributed by atoms with Crippen molar-refractivity contribution in [2.75, 3.05) is 0 Å². The second kappa shape index (κ2) is 4.99. The number of hydrogen-bond donors (Lipinski definition) is 1. The predicted octanol–water partition coefficient (Wildman–Crippen LogP) is 3.36. The first-order valence-corrected chi connectivity index (χ1v) is 5.54. The fourth-order valence-electron chi connectivity index (χ4n) is 1.34. The van der Waals surface area contributed by atoms with Crippen molar-refractivity contribution in [2.24, 2.45) is 5.73 Å². The van der Waals surface area contributed by atoms with Crippen molar-refractivity contribution in [1.82, 2.24) is 0 Å². The number of benzene rings is 1. The van der Waals surface area contributed by atoms with Gasteiger partial charge in [0.1, 0.15) is 0 Å². The lowest BCUT2D eigenvalue weighted by molar-refractivity contribution is 1.14. The van der Waals surface area contributed by atoms with Crippen molar-refractivity contribution < 1.29 is 0 Å². The highest BCUT2D eigenvalue weighted by Gasteiger charge is 2.07. The standard InChI is InChI=1S/C12H13BrN2/c1-3-9(7-14)12(15)10-6-8(2)4-5-11(10)13/h4-6H,3,15H2,1-2H3/b12-9-. The van der Waals surface area contributed by atoms with Crippen LogP contribution in [0, 0.1) is 18.3 Å². The lowest BCUT2D eigenvalue weighted by Crippen LogP contribution is -2.01. The van der Waals surface area contributed by atoms with Crippen LogP contribution < -0.4 is 5.73 Å². The van der Waals surface area contributed by atoms with Crippen molar-refractivity contribution in [2.45, 2.75) is 20.3 Å². The third-order valence-corrected chi connectivity index (χ3v) is 2.92. The summed E-state index contributed by atoms with van der Waals surface area (Å²) in [6.45, 7) is 3.93. The van der Waals surface area contributed by atoms with Crippen LogP contribution in [-0.4, -0.2) is 0 Å². The van der Waals surface area contributed by atoms with Gasteiger partial charge in [-0.3, -0.25) is 0 Å². The monoisotopic (exact) mass is 264 g/mol. The first-order chi connectivity index (χ1) is 7.10. The number of nitrogens with zero attached hydrogens (tertiary/aromatic N) is 1. The molecular weight excluding hydrogens is 252 g/mol. The number of rotatable bonds is 2. The molecular formula is C12H13BrN2. The molecule has 0 fully saturated rings. The summed E-state index contributed by atoms with van der Waals surface area (Å²) in [6, 6.07) is 8.05. The van der Waals surface area contributed by atoms with Gasteiger partial charge in [-0.15, -0.1) is 0 Å². The Labute approximate surface area is 98.5 Å². The third kappa shape index (κ3) is 2.60. The van der Waals surface area contributed by atoms with E-state index in [0.717, 1.165) is 15.6 Å². The largest absolute Gasteiger partial charge is 0.397 e. The molecule has 2 nitrogen and oxygen atoms in total. The first-order valence-electron chi connectivity index (χ1n) is 4.75. The van der Waals surface area contributed by atoms with Crippen molar-refractivity contribution in [3.05, 3.63) is 39.4 Å². The van der Waals surface area contributed by atoms with Crippen molar-refractivity contribution in [3.8, 4) is 6.07 Å². The molecule has 0 aliphatic rings. The summed E-state index contributed by atoms with van der Waals surface area (Å²) >= 11 is 3.43. The summed E-state index contributed by atoms with van der Waals surface area (Å²) < 4.78 is 0.923. The summed E-state index contributed by atoms with van der Waals surface area (Å²) in [5.41, 5.74) is 9.17. The number of aryl methyl sites for hydroxylation is 1. The maximum Gasteiger partial charge on any atom is 0.0968 e. The van der Waals surface area contributed by atoms with Gasteiger partial charge in [0, 0.05) is 10.0 Å². The van der Waals surface area contributed by atoms with E-state index in [1.54, 1.807) is 0 Å². The molecule has 1 rings (SSSR count). The number of nitriles is 1. The van der Waals surface area contributed by atoms with Gasteiger partial charge >= 0.3 is 0 Å². The third-order valence-electron chi connectivity index (χ3n) is 2.23. The summed E-state index contributed by atoms with van der Waals surface area (Å²) in [4.78, 5) is 0. The number of halogens is 1. The van der Waals surface area contributed by atoms with Gasteiger partial charge < -0.3 is 5.73 Å². The Morgan fingerprint density at radius 3 is 2.73 bits per heavy atom. The lowest BCUT2D eigenvalue weighted by Gasteiger charge is -2.07. The van der Waals surface area contributed by atoms with Crippen molar-refractivity contribution in [3.63, 3.8) is 0 Å². The Hall–Kier alpha value is -1.27. The Balaban J connectivity index is 3.34. The average Bonchev–Trinajstić information content (AvgIpc) is 2.23. The number of allylic oxidation sites excluding steroid dienone is 1. The van der Waals surface area contributed by atoms with Gasteiger partial charge in [-0.1, -0.05) is 34.5 Å². The Morgan fingerprint density at radius 1 is 1.53 bits per heavy atom. The zero-order valence-corrected chi connectivity index (χ0v) is 10.4. The first kappa shape index (κ1) is 11.8. The van der Waals surface area contributed by atoms with Crippen LogP contribution in [0.4, 0.5) is 0 Å². The minimum absolute atomic E-state index is 0.565. The van der Waals surface area contributed by atoms with Crippen LogP contribution in [0.25, 0.3) is 5.70 Å². The average molecular weight is 265 g/mol. The zero-order valence-electron chi connectivity index (χ0n) is 8.84. The van der Waals surface area contributed by atoms with E-state index in [4.69, 9.17) is 11.0 Å². The van der Waals surface area contributed by atoms with Gasteiger partial charge in [-0.25, -0.2) is 0 Å². The van der Waals surface area contributed by atoms with E-state index in [1.807, 2.05) is 32.0 Å². The SMILES string of the molecule is CC/C(C#N)=C(/N)c1cc(C)ccc1Br. The normalized spacial score (nSPS) is 11.9. The summed E-state index contributed by atoms with van der Waals surface area (Å²) in [5.74, 6) is 0. The Morgan fingerprint density at radius 2 is 2.20 bits per heavy atom. The minimum Gasteiger partial charge on any atom is -0.397 e. The molecule has 78 valence electrons. The van der Waals surface area contributed by atoms with Crippen molar-refractivity contribution in [1.29, 1.82) is 5.26 Å². The van der Waals surface area contributed by atoms with Crippen LogP contribution in [0.5, 0.6) is 0 Å². The van der Waals surface area contributed by atoms with Gasteiger partial charge in [0.05, 0.1) is 17.3 Å². The molecule has 0 saturated carbocycles. The van der Waals surface area contributed by atoms with Crippen LogP contribution in [0.15, 0.2) is 28.2 Å². The van der Waals surface area contributed by atoms with E-state index in [9.17, 15) is 0 Å². The van der Waals surface area contributed by atoms with Gasteiger partial charge in [0.25, 0.3) is 0 Å². The Kier molecular flexibility index (Phi) is 3.93. The van der Waals surface area contributed by atoms with E-state index in [0.29, 0.717) is 17.7 Å². The van der Waals surface area contributed by atoms with Gasteiger partial charge in [-0.05, 0) is 25.5 Å². The molecule has 0 aliphatic heterocycles. The van der Waals surface area contributed by atoms with Crippen LogP contribution in [0.1, 0.15) is 24.5 Å². The molecule has 0 radical (unpaired) electrons. The smallest absolute Gasteiger partial charge is 0.0968 e. The number of hydrogen-bond acceptors (Lipinski definition) is 2. The molecule has 0 unspecified atom stereocenters. The fraction of sp³-hybridized carbons (Fsp3) is 0.250. The molecule has 0 atom stereocenters. The molecule has 3 heteroatoms.